The molecule has 0 heterocycles. The van der Waals surface area contributed by atoms with Crippen molar-refractivity contribution >= 4 is 41.0 Å². The topological polar surface area (TPSA) is 89.8 Å². The summed E-state index contributed by atoms with van der Waals surface area (Å²) in [6.07, 6.45) is -1.83. The Kier molecular flexibility index (Phi) is 8.37. The molecule has 0 aliphatic carbocycles. The summed E-state index contributed by atoms with van der Waals surface area (Å²) in [5.74, 6) is 0. The lowest BCUT2D eigenvalue weighted by molar-refractivity contribution is 0.137. The molecule has 0 aromatic rings. The summed E-state index contributed by atoms with van der Waals surface area (Å²) in [6.45, 7) is -0.337. The lowest BCUT2D eigenvalue weighted by Gasteiger charge is -2.08. The van der Waals surface area contributed by atoms with Crippen LogP contribution in [0.2, 0.25) is 0 Å². The van der Waals surface area contributed by atoms with Gasteiger partial charge in [0.25, 0.3) is 0 Å². The largest absolute Gasteiger partial charge is 0.503 e. The van der Waals surface area contributed by atoms with E-state index in [4.69, 9.17) is 54.9 Å². The summed E-state index contributed by atoms with van der Waals surface area (Å²) >= 11 is 15.3. The molecular weight excluding hydrogens is 220 g/mol. The molecule has 0 unspecified atom stereocenters. The van der Waals surface area contributed by atoms with Crippen molar-refractivity contribution in [3.63, 3.8) is 0 Å². The minimum Gasteiger partial charge on any atom is -0.450 e. The van der Waals surface area contributed by atoms with Crippen molar-refractivity contribution in [1.82, 2.24) is 5.32 Å². The normalized spacial score (nSPS) is 9.82. The van der Waals surface area contributed by atoms with Gasteiger partial charge in [0, 0.05) is 0 Å². The predicted molar refractivity (Wildman–Crippen MR) is 41.2 cm³/mol. The van der Waals surface area contributed by atoms with Crippen LogP contribution in [0.3, 0.4) is 0 Å². The Balaban J connectivity index is 0. The number of aliphatic hydroxyl groups excluding tert-OH is 1. The van der Waals surface area contributed by atoms with Crippen LogP contribution in [-0.2, 0) is 0 Å². The van der Waals surface area contributed by atoms with Crippen molar-refractivity contribution in [3.05, 3.63) is 0 Å². The minimum atomic E-state index is -1.83. The minimum absolute atomic E-state index is 0.337. The van der Waals surface area contributed by atoms with Gasteiger partial charge in [0.1, 0.15) is 0 Å². The Morgan fingerprint density at radius 3 is 1.64 bits per heavy atom. The maximum Gasteiger partial charge on any atom is 0.503 e. The first-order chi connectivity index (χ1) is 4.79. The maximum absolute atomic E-state index is 8.56. The molecule has 0 aliphatic heterocycles. The van der Waals surface area contributed by atoms with Crippen LogP contribution in [0, 0.1) is 0 Å². The molecular formula is C3H6Cl3NO4. The highest BCUT2D eigenvalue weighted by atomic mass is 35.6. The van der Waals surface area contributed by atoms with Crippen LogP contribution in [0.1, 0.15) is 0 Å². The number of rotatable bonds is 1. The van der Waals surface area contributed by atoms with E-state index in [1.165, 1.54) is 0 Å². The summed E-state index contributed by atoms with van der Waals surface area (Å²) in [7, 11) is 0. The van der Waals surface area contributed by atoms with Gasteiger partial charge in [-0.25, -0.2) is 4.79 Å². The molecule has 4 N–H and O–H groups in total. The van der Waals surface area contributed by atoms with Crippen LogP contribution in [0.15, 0.2) is 0 Å². The SMILES string of the molecule is O=C(O)O.OCNC(Cl)(Cl)Cl. The molecule has 68 valence electrons. The number of halogens is 3. The quantitative estimate of drug-likeness (QED) is 0.305. The highest BCUT2D eigenvalue weighted by molar-refractivity contribution is 6.67. The van der Waals surface area contributed by atoms with Gasteiger partial charge in [-0.1, -0.05) is 34.8 Å². The van der Waals surface area contributed by atoms with Crippen LogP contribution in [0.25, 0.3) is 0 Å². The fraction of sp³-hybridized carbons (Fsp3) is 0.667. The second-order valence-corrected chi connectivity index (χ2v) is 3.40. The maximum atomic E-state index is 8.56. The average Bonchev–Trinajstić information content (AvgIpc) is 1.58. The molecule has 0 spiro atoms. The summed E-state index contributed by atoms with van der Waals surface area (Å²) in [6, 6.07) is 0. The van der Waals surface area contributed by atoms with Crippen molar-refractivity contribution in [2.24, 2.45) is 0 Å². The molecule has 0 aromatic heterocycles. The smallest absolute Gasteiger partial charge is 0.450 e. The number of carboxylic acid groups (broad SMARTS) is 2. The first kappa shape index (κ1) is 13.6. The van der Waals surface area contributed by atoms with E-state index in [0.29, 0.717) is 0 Å². The third kappa shape index (κ3) is 39.6. The molecule has 5 nitrogen and oxygen atoms in total. The van der Waals surface area contributed by atoms with Crippen LogP contribution in [-0.4, -0.2) is 32.1 Å². The Labute approximate surface area is 77.5 Å². The second kappa shape index (κ2) is 6.75. The molecule has 0 amide bonds. The van der Waals surface area contributed by atoms with E-state index < -0.39 is 10.1 Å². The van der Waals surface area contributed by atoms with Crippen molar-refractivity contribution in [3.8, 4) is 0 Å². The van der Waals surface area contributed by atoms with Crippen LogP contribution in [0.5, 0.6) is 0 Å². The fourth-order valence-corrected chi connectivity index (χ4v) is 0.269. The monoisotopic (exact) mass is 225 g/mol. The third-order valence-electron chi connectivity index (χ3n) is 0.280. The van der Waals surface area contributed by atoms with Crippen molar-refractivity contribution < 1.29 is 20.1 Å². The van der Waals surface area contributed by atoms with E-state index in [1.807, 2.05) is 0 Å². The molecule has 0 saturated heterocycles. The van der Waals surface area contributed by atoms with Crippen LogP contribution in [0.4, 0.5) is 4.79 Å². The van der Waals surface area contributed by atoms with Gasteiger partial charge in [-0.05, 0) is 0 Å². The highest BCUT2D eigenvalue weighted by Gasteiger charge is 2.16. The lowest BCUT2D eigenvalue weighted by Crippen LogP contribution is -2.28. The molecule has 11 heavy (non-hydrogen) atoms. The number of nitrogens with one attached hydrogen (secondary N) is 1. The number of hydrogen-bond acceptors (Lipinski definition) is 3. The standard InChI is InChI=1S/C2H4Cl3NO.CH2O3/c3-2(4,5)6-1-7;2-1(3)4/h6-7H,1H2;(H2,2,3,4). The molecule has 0 saturated carbocycles. The Morgan fingerprint density at radius 2 is 1.64 bits per heavy atom. The van der Waals surface area contributed by atoms with E-state index in [2.05, 4.69) is 5.32 Å². The lowest BCUT2D eigenvalue weighted by atomic mass is 11.1. The molecule has 0 radical (unpaired) electrons. The van der Waals surface area contributed by atoms with Gasteiger partial charge in [-0.15, -0.1) is 0 Å². The number of carbonyl (C=O) groups is 1. The highest BCUT2D eigenvalue weighted by Crippen LogP contribution is 2.20. The van der Waals surface area contributed by atoms with Gasteiger partial charge in [0.2, 0.25) is 3.92 Å². The third-order valence-corrected chi connectivity index (χ3v) is 0.680. The Bertz CT molecular complexity index is 110. The van der Waals surface area contributed by atoms with Crippen molar-refractivity contribution in [2.75, 3.05) is 6.73 Å². The molecule has 0 aromatic carbocycles. The van der Waals surface area contributed by atoms with Gasteiger partial charge >= 0.3 is 6.16 Å². The zero-order chi connectivity index (χ0) is 9.49. The zero-order valence-electron chi connectivity index (χ0n) is 5.09. The summed E-state index contributed by atoms with van der Waals surface area (Å²) in [5.41, 5.74) is 0. The molecule has 8 heteroatoms. The average molecular weight is 226 g/mol. The van der Waals surface area contributed by atoms with Crippen molar-refractivity contribution in [2.45, 2.75) is 3.92 Å². The summed E-state index contributed by atoms with van der Waals surface area (Å²) < 4.78 is -1.53. The zero-order valence-corrected chi connectivity index (χ0v) is 7.36. The predicted octanol–water partition coefficient (Wildman–Crippen LogP) is 1.08. The Hall–Kier alpha value is 0.0600. The van der Waals surface area contributed by atoms with E-state index in [1.54, 1.807) is 0 Å². The fourth-order valence-electron chi connectivity index (χ4n) is 0.0896. The number of hydrogen-bond donors (Lipinski definition) is 4. The van der Waals surface area contributed by atoms with Crippen molar-refractivity contribution in [1.29, 1.82) is 0 Å². The van der Waals surface area contributed by atoms with Gasteiger partial charge in [0.15, 0.2) is 0 Å². The molecule has 0 aliphatic rings. The summed E-state index contributed by atoms with van der Waals surface area (Å²) in [5, 5.41) is 24.1. The summed E-state index contributed by atoms with van der Waals surface area (Å²) in [4.78, 5) is 8.56. The second-order valence-electron chi connectivity index (χ2n) is 1.12. The molecule has 0 rings (SSSR count). The number of aliphatic hydroxyl groups is 1. The first-order valence-electron chi connectivity index (χ1n) is 2.14. The number of alkyl halides is 3. The van der Waals surface area contributed by atoms with E-state index in [0.717, 1.165) is 0 Å². The Morgan fingerprint density at radius 1 is 1.36 bits per heavy atom. The van der Waals surface area contributed by atoms with Gasteiger partial charge in [-0.2, -0.15) is 0 Å². The van der Waals surface area contributed by atoms with Crippen LogP contribution >= 0.6 is 34.8 Å². The van der Waals surface area contributed by atoms with Gasteiger partial charge < -0.3 is 15.3 Å². The van der Waals surface area contributed by atoms with E-state index >= 15 is 0 Å². The van der Waals surface area contributed by atoms with Gasteiger partial charge in [-0.3, -0.25) is 5.32 Å². The molecule has 0 atom stereocenters. The van der Waals surface area contributed by atoms with Crippen LogP contribution < -0.4 is 5.32 Å². The van der Waals surface area contributed by atoms with E-state index in [-0.39, 0.29) is 6.73 Å². The first-order valence-corrected chi connectivity index (χ1v) is 3.27. The molecule has 0 fully saturated rings. The van der Waals surface area contributed by atoms with E-state index in [9.17, 15) is 0 Å². The molecule has 0 bridgehead atoms. The van der Waals surface area contributed by atoms with Gasteiger partial charge in [0.05, 0.1) is 6.73 Å².